The number of carboxylic acids is 1. The van der Waals surface area contributed by atoms with Gasteiger partial charge in [0.05, 0.1) is 26.4 Å². The van der Waals surface area contributed by atoms with Crippen LogP contribution in [0.15, 0.2) is 12.1 Å². The molecule has 1 unspecified atom stereocenters. The standard InChI is InChI=1S/C12H12Cl2N2O5/c1-2-6(12(18)19)5-15-11(17)8-3-7(16(20)21)4-9(13)10(8)14/h3-4,6H,2,5H2,1H3,(H,15,17)(H,18,19). The molecule has 0 bridgehead atoms. The van der Waals surface area contributed by atoms with Gasteiger partial charge in [-0.15, -0.1) is 0 Å². The summed E-state index contributed by atoms with van der Waals surface area (Å²) in [4.78, 5) is 32.9. The van der Waals surface area contributed by atoms with Gasteiger partial charge in [0.2, 0.25) is 0 Å². The summed E-state index contributed by atoms with van der Waals surface area (Å²) in [7, 11) is 0. The van der Waals surface area contributed by atoms with E-state index in [9.17, 15) is 19.7 Å². The molecule has 21 heavy (non-hydrogen) atoms. The minimum atomic E-state index is -1.04. The van der Waals surface area contributed by atoms with Crippen molar-refractivity contribution in [1.82, 2.24) is 5.32 Å². The van der Waals surface area contributed by atoms with Crippen LogP contribution in [0.4, 0.5) is 5.69 Å². The summed E-state index contributed by atoms with van der Waals surface area (Å²) in [5.74, 6) is -2.51. The molecule has 0 spiro atoms. The largest absolute Gasteiger partial charge is 0.481 e. The van der Waals surface area contributed by atoms with E-state index in [4.69, 9.17) is 28.3 Å². The minimum absolute atomic E-state index is 0.110. The molecule has 1 amide bonds. The van der Waals surface area contributed by atoms with E-state index in [1.54, 1.807) is 6.92 Å². The van der Waals surface area contributed by atoms with Gasteiger partial charge in [-0.25, -0.2) is 0 Å². The van der Waals surface area contributed by atoms with Gasteiger partial charge in [0.15, 0.2) is 0 Å². The summed E-state index contributed by atoms with van der Waals surface area (Å²) >= 11 is 11.6. The number of hydrogen-bond donors (Lipinski definition) is 2. The molecular formula is C12H12Cl2N2O5. The van der Waals surface area contributed by atoms with Crippen LogP contribution in [-0.2, 0) is 4.79 Å². The van der Waals surface area contributed by atoms with Crippen molar-refractivity contribution >= 4 is 40.8 Å². The van der Waals surface area contributed by atoms with E-state index in [1.807, 2.05) is 0 Å². The van der Waals surface area contributed by atoms with Gasteiger partial charge in [-0.05, 0) is 6.42 Å². The lowest BCUT2D eigenvalue weighted by atomic mass is 10.1. The number of carboxylic acid groups (broad SMARTS) is 1. The molecular weight excluding hydrogens is 323 g/mol. The number of non-ortho nitro benzene ring substituents is 1. The van der Waals surface area contributed by atoms with Gasteiger partial charge in [0, 0.05) is 18.7 Å². The van der Waals surface area contributed by atoms with Crippen LogP contribution in [-0.4, -0.2) is 28.5 Å². The maximum atomic E-state index is 12.0. The van der Waals surface area contributed by atoms with Gasteiger partial charge in [-0.2, -0.15) is 0 Å². The van der Waals surface area contributed by atoms with E-state index in [0.29, 0.717) is 6.42 Å². The lowest BCUT2D eigenvalue weighted by Crippen LogP contribution is -2.32. The second-order valence-corrected chi connectivity index (χ2v) is 4.98. The SMILES string of the molecule is CCC(CNC(=O)c1cc([N+](=O)[O-])cc(Cl)c1Cl)C(=O)O. The van der Waals surface area contributed by atoms with Crippen LogP contribution in [0, 0.1) is 16.0 Å². The van der Waals surface area contributed by atoms with Crippen molar-refractivity contribution in [1.29, 1.82) is 0 Å². The normalized spacial score (nSPS) is 11.8. The molecule has 9 heteroatoms. The molecule has 1 rings (SSSR count). The van der Waals surface area contributed by atoms with E-state index < -0.39 is 22.7 Å². The number of carbonyl (C=O) groups excluding carboxylic acids is 1. The fourth-order valence-corrected chi connectivity index (χ4v) is 1.97. The average molecular weight is 335 g/mol. The number of carbonyl (C=O) groups is 2. The van der Waals surface area contributed by atoms with E-state index in [2.05, 4.69) is 5.32 Å². The van der Waals surface area contributed by atoms with Crippen LogP contribution in [0.25, 0.3) is 0 Å². The summed E-state index contributed by atoms with van der Waals surface area (Å²) in [6.07, 6.45) is 0.332. The highest BCUT2D eigenvalue weighted by Gasteiger charge is 2.21. The summed E-state index contributed by atoms with van der Waals surface area (Å²) in [6.45, 7) is 1.56. The Hall–Kier alpha value is -1.86. The third-order valence-electron chi connectivity index (χ3n) is 2.82. The number of rotatable bonds is 6. The summed E-state index contributed by atoms with van der Waals surface area (Å²) in [6, 6.07) is 2.03. The third kappa shape index (κ3) is 4.30. The Morgan fingerprint density at radius 3 is 2.52 bits per heavy atom. The van der Waals surface area contributed by atoms with Crippen molar-refractivity contribution in [3.63, 3.8) is 0 Å². The molecule has 1 aromatic carbocycles. The fraction of sp³-hybridized carbons (Fsp3) is 0.333. The Bertz CT molecular complexity index is 591. The quantitative estimate of drug-likeness (QED) is 0.613. The zero-order chi connectivity index (χ0) is 16.2. The van der Waals surface area contributed by atoms with Gasteiger partial charge in [0.1, 0.15) is 0 Å². The smallest absolute Gasteiger partial charge is 0.308 e. The van der Waals surface area contributed by atoms with Crippen molar-refractivity contribution in [2.24, 2.45) is 5.92 Å². The molecule has 0 saturated carbocycles. The molecule has 114 valence electrons. The molecule has 0 fully saturated rings. The first kappa shape index (κ1) is 17.2. The second kappa shape index (κ2) is 7.24. The van der Waals surface area contributed by atoms with E-state index in [0.717, 1.165) is 12.1 Å². The zero-order valence-electron chi connectivity index (χ0n) is 10.9. The first-order valence-corrected chi connectivity index (χ1v) is 6.68. The molecule has 0 aliphatic heterocycles. The van der Waals surface area contributed by atoms with Crippen molar-refractivity contribution < 1.29 is 19.6 Å². The summed E-state index contributed by atoms with van der Waals surface area (Å²) in [5.41, 5.74) is -0.545. The maximum absolute atomic E-state index is 12.0. The van der Waals surface area contributed by atoms with E-state index in [-0.39, 0.29) is 27.8 Å². The molecule has 7 nitrogen and oxygen atoms in total. The monoisotopic (exact) mass is 334 g/mol. The number of nitrogens with one attached hydrogen (secondary N) is 1. The second-order valence-electron chi connectivity index (χ2n) is 4.20. The topological polar surface area (TPSA) is 110 Å². The minimum Gasteiger partial charge on any atom is -0.481 e. The first-order chi connectivity index (χ1) is 9.77. The van der Waals surface area contributed by atoms with Crippen molar-refractivity contribution in [3.8, 4) is 0 Å². The van der Waals surface area contributed by atoms with E-state index >= 15 is 0 Å². The maximum Gasteiger partial charge on any atom is 0.308 e. The Kier molecular flexibility index (Phi) is 5.92. The molecule has 0 aromatic heterocycles. The molecule has 0 heterocycles. The van der Waals surface area contributed by atoms with Crippen LogP contribution < -0.4 is 5.32 Å². The van der Waals surface area contributed by atoms with Gasteiger partial charge in [0.25, 0.3) is 11.6 Å². The number of nitro benzene ring substituents is 1. The van der Waals surface area contributed by atoms with Gasteiger partial charge < -0.3 is 10.4 Å². The highest BCUT2D eigenvalue weighted by atomic mass is 35.5. The number of aliphatic carboxylic acids is 1. The molecule has 0 radical (unpaired) electrons. The fourth-order valence-electron chi connectivity index (χ4n) is 1.56. The van der Waals surface area contributed by atoms with Crippen LogP contribution >= 0.6 is 23.2 Å². The number of benzene rings is 1. The van der Waals surface area contributed by atoms with Crippen molar-refractivity contribution in [3.05, 3.63) is 37.9 Å². The highest BCUT2D eigenvalue weighted by molar-refractivity contribution is 6.44. The Labute approximate surface area is 130 Å². The molecule has 0 saturated heterocycles. The molecule has 1 aromatic rings. The van der Waals surface area contributed by atoms with Crippen molar-refractivity contribution in [2.75, 3.05) is 6.54 Å². The Morgan fingerprint density at radius 1 is 1.43 bits per heavy atom. The van der Waals surface area contributed by atoms with Gasteiger partial charge in [-0.1, -0.05) is 30.1 Å². The molecule has 0 aliphatic rings. The first-order valence-electron chi connectivity index (χ1n) is 5.92. The number of hydrogen-bond acceptors (Lipinski definition) is 4. The summed E-state index contributed by atoms with van der Waals surface area (Å²) < 4.78 is 0. The predicted molar refractivity (Wildman–Crippen MR) is 76.9 cm³/mol. The summed E-state index contributed by atoms with van der Waals surface area (Å²) in [5, 5.41) is 21.8. The Balaban J connectivity index is 2.97. The molecule has 1 atom stereocenters. The lowest BCUT2D eigenvalue weighted by Gasteiger charge is -2.12. The van der Waals surface area contributed by atoms with E-state index in [1.165, 1.54) is 0 Å². The number of nitrogens with zero attached hydrogens (tertiary/aromatic N) is 1. The zero-order valence-corrected chi connectivity index (χ0v) is 12.4. The Morgan fingerprint density at radius 2 is 2.05 bits per heavy atom. The molecule has 2 N–H and O–H groups in total. The van der Waals surface area contributed by atoms with Gasteiger partial charge in [-0.3, -0.25) is 19.7 Å². The highest BCUT2D eigenvalue weighted by Crippen LogP contribution is 2.30. The number of nitro groups is 1. The number of halogens is 2. The predicted octanol–water partition coefficient (Wildman–Crippen LogP) is 2.74. The van der Waals surface area contributed by atoms with Gasteiger partial charge >= 0.3 is 5.97 Å². The lowest BCUT2D eigenvalue weighted by molar-refractivity contribution is -0.384. The van der Waals surface area contributed by atoms with Crippen LogP contribution in [0.1, 0.15) is 23.7 Å². The van der Waals surface area contributed by atoms with Crippen LogP contribution in [0.2, 0.25) is 10.0 Å². The average Bonchev–Trinajstić information content (AvgIpc) is 2.41. The van der Waals surface area contributed by atoms with Crippen LogP contribution in [0.3, 0.4) is 0 Å². The van der Waals surface area contributed by atoms with Crippen molar-refractivity contribution in [2.45, 2.75) is 13.3 Å². The molecule has 0 aliphatic carbocycles. The third-order valence-corrected chi connectivity index (χ3v) is 3.62. The number of amides is 1. The van der Waals surface area contributed by atoms with Crippen LogP contribution in [0.5, 0.6) is 0 Å².